The number of ether oxygens (including phenoxy) is 4. The second-order valence-electron chi connectivity index (χ2n) is 28.6. The average Bonchev–Trinajstić information content (AvgIpc) is 1.59. The Hall–Kier alpha value is -1.94. The minimum atomic E-state index is -4.96. The van der Waals surface area contributed by atoms with Crippen LogP contribution in [0.25, 0.3) is 0 Å². The molecule has 0 rings (SSSR count). The van der Waals surface area contributed by atoms with E-state index in [4.69, 9.17) is 37.0 Å². The van der Waals surface area contributed by atoms with Crippen LogP contribution in [0.1, 0.15) is 413 Å². The lowest BCUT2D eigenvalue weighted by Crippen LogP contribution is -2.30. The van der Waals surface area contributed by atoms with E-state index in [1.54, 1.807) is 0 Å². The van der Waals surface area contributed by atoms with Crippen LogP contribution >= 0.6 is 15.6 Å². The highest BCUT2D eigenvalue weighted by Crippen LogP contribution is 2.45. The van der Waals surface area contributed by atoms with Gasteiger partial charge in [0, 0.05) is 25.7 Å². The van der Waals surface area contributed by atoms with Crippen LogP contribution in [-0.4, -0.2) is 96.7 Å². The van der Waals surface area contributed by atoms with E-state index < -0.39 is 97.5 Å². The summed E-state index contributed by atoms with van der Waals surface area (Å²) in [6.07, 6.45) is 61.2. The topological polar surface area (TPSA) is 237 Å². The van der Waals surface area contributed by atoms with Crippen molar-refractivity contribution in [3.63, 3.8) is 0 Å². The molecule has 0 aliphatic carbocycles. The summed E-state index contributed by atoms with van der Waals surface area (Å²) in [6.45, 7) is 7.26. The minimum absolute atomic E-state index is 0.106. The maximum atomic E-state index is 13.1. The molecule has 576 valence electrons. The second kappa shape index (κ2) is 71.1. The van der Waals surface area contributed by atoms with Crippen molar-refractivity contribution in [3.8, 4) is 0 Å². The third kappa shape index (κ3) is 72.2. The molecule has 0 fully saturated rings. The average molecular weight is 1420 g/mol. The van der Waals surface area contributed by atoms with Crippen LogP contribution in [0.2, 0.25) is 0 Å². The molecule has 0 aromatic heterocycles. The lowest BCUT2D eigenvalue weighted by Gasteiger charge is -2.21. The number of phosphoric ester groups is 2. The Morgan fingerprint density at radius 3 is 0.701 bits per heavy atom. The Labute approximate surface area is 594 Å². The van der Waals surface area contributed by atoms with Gasteiger partial charge in [0.25, 0.3) is 0 Å². The lowest BCUT2D eigenvalue weighted by molar-refractivity contribution is -0.161. The quantitative estimate of drug-likeness (QED) is 0.0222. The van der Waals surface area contributed by atoms with E-state index in [9.17, 15) is 43.2 Å². The number of carbonyl (C=O) groups excluding carboxylic acids is 4. The van der Waals surface area contributed by atoms with Gasteiger partial charge < -0.3 is 33.8 Å². The van der Waals surface area contributed by atoms with Crippen LogP contribution in [0.5, 0.6) is 0 Å². The second-order valence-corrected chi connectivity index (χ2v) is 31.5. The first kappa shape index (κ1) is 95.1. The van der Waals surface area contributed by atoms with E-state index in [-0.39, 0.29) is 25.7 Å². The highest BCUT2D eigenvalue weighted by Gasteiger charge is 2.30. The molecule has 19 heteroatoms. The number of rotatable bonds is 78. The summed E-state index contributed by atoms with van der Waals surface area (Å²) in [5.41, 5.74) is 0. The molecule has 0 saturated carbocycles. The standard InChI is InChI=1S/C78H152O17P2/c1-6-9-12-15-18-21-23-25-27-29-31-33-35-37-39-43-48-53-58-63-77(82)94-74(68-89-76(81)62-57-52-47-42-38-36-34-32-30-28-26-24-22-19-16-13-10-7-2)70-93-97(86,87)91-66-72(79)65-90-96(84,85)92-69-73(67-88-75(80)61-56-51-46-20-17-14-11-8-3)95-78(83)64-59-54-49-44-40-41-45-50-55-60-71(4)5/h71-74,79H,6-70H2,1-5H3,(H,84,85)(H,86,87)/t72-,73+,74+/m0/s1. The molecule has 0 radical (unpaired) electrons. The molecule has 2 unspecified atom stereocenters. The van der Waals surface area contributed by atoms with Crippen LogP contribution < -0.4 is 0 Å². The summed E-state index contributed by atoms with van der Waals surface area (Å²) < 4.78 is 68.5. The van der Waals surface area contributed by atoms with Gasteiger partial charge in [-0.1, -0.05) is 362 Å². The molecule has 0 aliphatic heterocycles. The van der Waals surface area contributed by atoms with E-state index >= 15 is 0 Å². The van der Waals surface area contributed by atoms with Crippen LogP contribution in [-0.2, 0) is 65.4 Å². The third-order valence-corrected chi connectivity index (χ3v) is 20.2. The van der Waals surface area contributed by atoms with Gasteiger partial charge in [0.2, 0.25) is 0 Å². The Morgan fingerprint density at radius 1 is 0.278 bits per heavy atom. The zero-order chi connectivity index (χ0) is 71.2. The summed E-state index contributed by atoms with van der Waals surface area (Å²) in [6, 6.07) is 0. The number of phosphoric acid groups is 2. The van der Waals surface area contributed by atoms with E-state index in [0.29, 0.717) is 25.7 Å². The molecule has 3 N–H and O–H groups in total. The fourth-order valence-corrected chi connectivity index (χ4v) is 13.6. The maximum absolute atomic E-state index is 13.1. The van der Waals surface area contributed by atoms with Crippen LogP contribution in [0, 0.1) is 5.92 Å². The fraction of sp³-hybridized carbons (Fsp3) is 0.949. The number of hydrogen-bond acceptors (Lipinski definition) is 15. The Morgan fingerprint density at radius 2 is 0.474 bits per heavy atom. The van der Waals surface area contributed by atoms with Gasteiger partial charge in [-0.2, -0.15) is 0 Å². The summed E-state index contributed by atoms with van der Waals surface area (Å²) in [5.74, 6) is -1.38. The Balaban J connectivity index is 5.19. The third-order valence-electron chi connectivity index (χ3n) is 18.3. The van der Waals surface area contributed by atoms with Crippen LogP contribution in [0.15, 0.2) is 0 Å². The molecule has 0 aromatic carbocycles. The smallest absolute Gasteiger partial charge is 0.462 e. The molecule has 0 aromatic rings. The monoisotopic (exact) mass is 1420 g/mol. The van der Waals surface area contributed by atoms with E-state index in [1.165, 1.54) is 231 Å². The number of esters is 4. The van der Waals surface area contributed by atoms with Crippen molar-refractivity contribution in [2.75, 3.05) is 39.6 Å². The first-order chi connectivity index (χ1) is 47.0. The summed E-state index contributed by atoms with van der Waals surface area (Å²) >= 11 is 0. The number of aliphatic hydroxyl groups excluding tert-OH is 1. The van der Waals surface area contributed by atoms with Crippen LogP contribution in [0.4, 0.5) is 0 Å². The van der Waals surface area contributed by atoms with Gasteiger partial charge in [0.15, 0.2) is 12.2 Å². The van der Waals surface area contributed by atoms with Crippen LogP contribution in [0.3, 0.4) is 0 Å². The van der Waals surface area contributed by atoms with E-state index in [1.807, 2.05) is 0 Å². The zero-order valence-corrected chi connectivity index (χ0v) is 65.0. The van der Waals surface area contributed by atoms with Crippen molar-refractivity contribution in [3.05, 3.63) is 0 Å². The molecule has 0 amide bonds. The molecule has 0 heterocycles. The van der Waals surface area contributed by atoms with Gasteiger partial charge in [-0.15, -0.1) is 0 Å². The number of aliphatic hydroxyl groups is 1. The molecule has 0 spiro atoms. The fourth-order valence-electron chi connectivity index (χ4n) is 12.1. The minimum Gasteiger partial charge on any atom is -0.462 e. The summed E-state index contributed by atoms with van der Waals surface area (Å²) in [7, 11) is -9.91. The molecule has 5 atom stereocenters. The molecule has 17 nitrogen and oxygen atoms in total. The maximum Gasteiger partial charge on any atom is 0.472 e. The van der Waals surface area contributed by atoms with Crippen molar-refractivity contribution < 1.29 is 80.2 Å². The van der Waals surface area contributed by atoms with Crippen molar-refractivity contribution in [2.24, 2.45) is 5.92 Å². The number of hydrogen-bond donors (Lipinski definition) is 3. The predicted octanol–water partition coefficient (Wildman–Crippen LogP) is 23.3. The zero-order valence-electron chi connectivity index (χ0n) is 63.2. The van der Waals surface area contributed by atoms with E-state index in [0.717, 1.165) is 102 Å². The molecule has 0 bridgehead atoms. The normalized spacial score (nSPS) is 13.9. The molecule has 97 heavy (non-hydrogen) atoms. The van der Waals surface area contributed by atoms with Gasteiger partial charge in [-0.3, -0.25) is 37.3 Å². The largest absolute Gasteiger partial charge is 0.472 e. The highest BCUT2D eigenvalue weighted by molar-refractivity contribution is 7.47. The lowest BCUT2D eigenvalue weighted by atomic mass is 10.0. The first-order valence-corrected chi connectivity index (χ1v) is 43.6. The first-order valence-electron chi connectivity index (χ1n) is 40.6. The van der Waals surface area contributed by atoms with Crippen molar-refractivity contribution in [1.29, 1.82) is 0 Å². The summed E-state index contributed by atoms with van der Waals surface area (Å²) in [4.78, 5) is 72.8. The van der Waals surface area contributed by atoms with Gasteiger partial charge in [-0.25, -0.2) is 9.13 Å². The van der Waals surface area contributed by atoms with E-state index in [2.05, 4.69) is 34.6 Å². The highest BCUT2D eigenvalue weighted by atomic mass is 31.2. The number of unbranched alkanes of at least 4 members (excludes halogenated alkanes) is 50. The Kier molecular flexibility index (Phi) is 69.6. The van der Waals surface area contributed by atoms with Gasteiger partial charge >= 0.3 is 39.5 Å². The van der Waals surface area contributed by atoms with Crippen molar-refractivity contribution >= 4 is 39.5 Å². The SMILES string of the molecule is CCCCCCCCCCCCCCCCCCCCCC(=O)O[C@H](COC(=O)CCCCCCCCCCCCCCCCCCCC)COP(=O)(O)OC[C@@H](O)COP(=O)(O)OC[C@@H](COC(=O)CCCCCCCCCC)OC(=O)CCCCCCCCCCCC(C)C. The number of carbonyl (C=O) groups is 4. The Bertz CT molecular complexity index is 1860. The molecular formula is C78H152O17P2. The molecule has 0 aliphatic rings. The molecule has 0 saturated heterocycles. The summed E-state index contributed by atoms with van der Waals surface area (Å²) in [5, 5.41) is 10.6. The van der Waals surface area contributed by atoms with Crippen molar-refractivity contribution in [2.45, 2.75) is 432 Å². The molecular weight excluding hydrogens is 1270 g/mol. The van der Waals surface area contributed by atoms with Gasteiger partial charge in [0.05, 0.1) is 26.4 Å². The van der Waals surface area contributed by atoms with Gasteiger partial charge in [0.1, 0.15) is 19.3 Å². The predicted molar refractivity (Wildman–Crippen MR) is 395 cm³/mol. The van der Waals surface area contributed by atoms with Gasteiger partial charge in [-0.05, 0) is 31.6 Å². The van der Waals surface area contributed by atoms with Crippen molar-refractivity contribution in [1.82, 2.24) is 0 Å².